The molecule has 1 amide bonds. The van der Waals surface area contributed by atoms with Crippen LogP contribution in [-0.2, 0) is 0 Å². The summed E-state index contributed by atoms with van der Waals surface area (Å²) in [5.41, 5.74) is 2.58. The average Bonchev–Trinajstić information content (AvgIpc) is 2.75. The van der Waals surface area contributed by atoms with E-state index in [1.54, 1.807) is 36.5 Å². The highest BCUT2D eigenvalue weighted by Crippen LogP contribution is 2.41. The summed E-state index contributed by atoms with van der Waals surface area (Å²) in [4.78, 5) is 19.4. The fourth-order valence-corrected chi connectivity index (χ4v) is 3.61. The van der Waals surface area contributed by atoms with Crippen LogP contribution in [0.1, 0.15) is 15.9 Å². The number of aromatic nitrogens is 1. The molecular formula is C22H19Cl2N3O3. The van der Waals surface area contributed by atoms with Crippen molar-refractivity contribution < 1.29 is 14.6 Å². The van der Waals surface area contributed by atoms with Gasteiger partial charge in [-0.1, -0.05) is 35.3 Å². The van der Waals surface area contributed by atoms with Gasteiger partial charge in [-0.25, -0.2) is 4.98 Å². The van der Waals surface area contributed by atoms with Crippen LogP contribution < -0.4 is 15.0 Å². The van der Waals surface area contributed by atoms with Crippen molar-refractivity contribution in [2.45, 2.75) is 13.0 Å². The number of carbonyl (C=O) groups is 1. The summed E-state index contributed by atoms with van der Waals surface area (Å²) in [5, 5.41) is 13.4. The van der Waals surface area contributed by atoms with Crippen LogP contribution in [0.25, 0.3) is 0 Å². The molecule has 3 aromatic rings. The Labute approximate surface area is 184 Å². The van der Waals surface area contributed by atoms with Crippen molar-refractivity contribution in [2.75, 3.05) is 23.4 Å². The minimum atomic E-state index is -0.343. The van der Waals surface area contributed by atoms with Gasteiger partial charge in [0, 0.05) is 11.9 Å². The molecule has 1 aliphatic rings. The molecule has 8 heteroatoms. The van der Waals surface area contributed by atoms with Gasteiger partial charge in [0.1, 0.15) is 12.4 Å². The van der Waals surface area contributed by atoms with Gasteiger partial charge in [-0.05, 0) is 48.9 Å². The Morgan fingerprint density at radius 3 is 2.77 bits per heavy atom. The number of nitrogens with one attached hydrogen (secondary N) is 1. The number of hydrogen-bond acceptors (Lipinski definition) is 5. The molecule has 1 aromatic heterocycles. The van der Waals surface area contributed by atoms with Crippen molar-refractivity contribution in [2.24, 2.45) is 0 Å². The lowest BCUT2D eigenvalue weighted by Crippen LogP contribution is -2.43. The molecule has 0 spiro atoms. The number of para-hydroxylation sites is 1. The van der Waals surface area contributed by atoms with Gasteiger partial charge in [0.15, 0.2) is 5.75 Å². The van der Waals surface area contributed by atoms with Crippen LogP contribution >= 0.6 is 23.2 Å². The van der Waals surface area contributed by atoms with E-state index in [0.717, 1.165) is 5.56 Å². The lowest BCUT2D eigenvalue weighted by atomic mass is 10.1. The van der Waals surface area contributed by atoms with Crippen molar-refractivity contribution in [1.82, 2.24) is 4.98 Å². The number of aliphatic hydroxyl groups is 1. The van der Waals surface area contributed by atoms with Crippen LogP contribution in [0.5, 0.6) is 5.75 Å². The summed E-state index contributed by atoms with van der Waals surface area (Å²) in [7, 11) is 0. The number of aryl methyl sites for hydroxylation is 1. The maximum absolute atomic E-state index is 13.0. The molecular weight excluding hydrogens is 425 g/mol. The van der Waals surface area contributed by atoms with Gasteiger partial charge in [0.05, 0.1) is 33.9 Å². The number of rotatable bonds is 4. The number of fused-ring (bicyclic) bond motifs is 1. The fraction of sp³-hybridized carbons (Fsp3) is 0.182. The first-order valence-electron chi connectivity index (χ1n) is 9.33. The van der Waals surface area contributed by atoms with Crippen molar-refractivity contribution in [3.8, 4) is 5.75 Å². The summed E-state index contributed by atoms with van der Waals surface area (Å²) in [6.45, 7) is 2.06. The summed E-state index contributed by atoms with van der Waals surface area (Å²) in [5.74, 6) is 0.762. The Morgan fingerprint density at radius 1 is 1.23 bits per heavy atom. The Balaban J connectivity index is 1.70. The largest absolute Gasteiger partial charge is 0.488 e. The number of hydrogen-bond donors (Lipinski definition) is 2. The second-order valence-electron chi connectivity index (χ2n) is 6.95. The zero-order chi connectivity index (χ0) is 21.3. The van der Waals surface area contributed by atoms with E-state index in [1.165, 1.54) is 0 Å². The van der Waals surface area contributed by atoms with Gasteiger partial charge in [-0.15, -0.1) is 0 Å². The molecule has 4 rings (SSSR count). The average molecular weight is 444 g/mol. The van der Waals surface area contributed by atoms with Crippen LogP contribution in [0.2, 0.25) is 10.0 Å². The first kappa shape index (κ1) is 20.5. The number of ether oxygens (including phenoxy) is 1. The lowest BCUT2D eigenvalue weighted by molar-refractivity contribution is 0.102. The molecule has 1 atom stereocenters. The molecule has 0 fully saturated rings. The molecule has 2 N–H and O–H groups in total. The number of aliphatic hydroxyl groups excluding tert-OH is 1. The van der Waals surface area contributed by atoms with Gasteiger partial charge in [-0.2, -0.15) is 0 Å². The Morgan fingerprint density at radius 2 is 2.07 bits per heavy atom. The molecule has 30 heavy (non-hydrogen) atoms. The molecule has 0 bridgehead atoms. The van der Waals surface area contributed by atoms with E-state index in [2.05, 4.69) is 10.3 Å². The monoisotopic (exact) mass is 443 g/mol. The molecule has 2 heterocycles. The predicted molar refractivity (Wildman–Crippen MR) is 118 cm³/mol. The van der Waals surface area contributed by atoms with Crippen molar-refractivity contribution in [1.29, 1.82) is 0 Å². The number of carbonyl (C=O) groups excluding carboxylic acids is 1. The number of anilines is 3. The summed E-state index contributed by atoms with van der Waals surface area (Å²) < 4.78 is 5.90. The number of nitrogens with zero attached hydrogens (tertiary/aromatic N) is 2. The third-order valence-corrected chi connectivity index (χ3v) is 5.55. The zero-order valence-electron chi connectivity index (χ0n) is 16.1. The highest BCUT2D eigenvalue weighted by atomic mass is 35.5. The smallest absolute Gasteiger partial charge is 0.259 e. The first-order valence-corrected chi connectivity index (χ1v) is 10.1. The molecule has 154 valence electrons. The van der Waals surface area contributed by atoms with Crippen LogP contribution in [0.15, 0.2) is 54.7 Å². The molecule has 0 saturated carbocycles. The van der Waals surface area contributed by atoms with E-state index in [9.17, 15) is 9.90 Å². The Hall–Kier alpha value is -2.80. The Kier molecular flexibility index (Phi) is 5.81. The molecule has 0 saturated heterocycles. The van der Waals surface area contributed by atoms with Crippen LogP contribution in [0.3, 0.4) is 0 Å². The van der Waals surface area contributed by atoms with Gasteiger partial charge < -0.3 is 20.1 Å². The zero-order valence-corrected chi connectivity index (χ0v) is 17.6. The van der Waals surface area contributed by atoms with Crippen LogP contribution in [-0.4, -0.2) is 35.3 Å². The summed E-state index contributed by atoms with van der Waals surface area (Å²) >= 11 is 12.0. The van der Waals surface area contributed by atoms with E-state index < -0.39 is 0 Å². The lowest BCUT2D eigenvalue weighted by Gasteiger charge is -2.37. The Bertz CT molecular complexity index is 1090. The van der Waals surface area contributed by atoms with Crippen molar-refractivity contribution in [3.05, 3.63) is 75.9 Å². The second kappa shape index (κ2) is 8.52. The highest BCUT2D eigenvalue weighted by molar-refractivity contribution is 6.42. The molecule has 0 radical (unpaired) electrons. The van der Waals surface area contributed by atoms with Crippen LogP contribution in [0, 0.1) is 6.92 Å². The number of amides is 1. The normalized spacial score (nSPS) is 15.3. The highest BCUT2D eigenvalue weighted by Gasteiger charge is 2.32. The standard InChI is InChI=1S/C22H19Cl2N3O3/c1-13-5-8-20(25-10-13)27-15(11-28)12-30-21-16(3-2-4-19(21)27)22(29)26-14-6-7-17(23)18(24)9-14/h2-10,15,28H,11-12H2,1H3,(H,26,29). The van der Waals surface area contributed by atoms with Gasteiger partial charge in [0.25, 0.3) is 5.91 Å². The maximum Gasteiger partial charge on any atom is 0.259 e. The quantitative estimate of drug-likeness (QED) is 0.603. The van der Waals surface area contributed by atoms with Crippen LogP contribution in [0.4, 0.5) is 17.2 Å². The molecule has 6 nitrogen and oxygen atoms in total. The topological polar surface area (TPSA) is 74.7 Å². The summed E-state index contributed by atoms with van der Waals surface area (Å²) in [6, 6.07) is 13.7. The first-order chi connectivity index (χ1) is 14.5. The molecule has 1 aliphatic heterocycles. The van der Waals surface area contributed by atoms with Gasteiger partial charge >= 0.3 is 0 Å². The second-order valence-corrected chi connectivity index (χ2v) is 7.76. The third kappa shape index (κ3) is 3.94. The van der Waals surface area contributed by atoms with E-state index in [1.807, 2.05) is 30.0 Å². The SMILES string of the molecule is Cc1ccc(N2c3cccc(C(=O)Nc4ccc(Cl)c(Cl)c4)c3OCC2CO)nc1. The third-order valence-electron chi connectivity index (χ3n) is 4.81. The maximum atomic E-state index is 13.0. The van der Waals surface area contributed by atoms with Gasteiger partial charge in [0.2, 0.25) is 0 Å². The van der Waals surface area contributed by atoms with E-state index in [4.69, 9.17) is 27.9 Å². The minimum Gasteiger partial charge on any atom is -0.488 e. The summed E-state index contributed by atoms with van der Waals surface area (Å²) in [6.07, 6.45) is 1.76. The number of halogens is 2. The van der Waals surface area contributed by atoms with Crippen molar-refractivity contribution >= 4 is 46.3 Å². The van der Waals surface area contributed by atoms with Crippen molar-refractivity contribution in [3.63, 3.8) is 0 Å². The minimum absolute atomic E-state index is 0.116. The van der Waals surface area contributed by atoms with Gasteiger partial charge in [-0.3, -0.25) is 4.79 Å². The number of pyridine rings is 1. The molecule has 0 aliphatic carbocycles. The fourth-order valence-electron chi connectivity index (χ4n) is 3.32. The van der Waals surface area contributed by atoms with E-state index in [0.29, 0.717) is 38.6 Å². The molecule has 1 unspecified atom stereocenters. The molecule has 2 aromatic carbocycles. The predicted octanol–water partition coefficient (Wildman–Crippen LogP) is 4.84. The van der Waals surface area contributed by atoms with E-state index in [-0.39, 0.29) is 25.2 Å². The number of benzene rings is 2. The van der Waals surface area contributed by atoms with E-state index >= 15 is 0 Å².